The lowest BCUT2D eigenvalue weighted by atomic mass is 10.1. The summed E-state index contributed by atoms with van der Waals surface area (Å²) in [6.45, 7) is 3.88. The first-order chi connectivity index (χ1) is 12.8. The van der Waals surface area contributed by atoms with Gasteiger partial charge < -0.3 is 14.5 Å². The number of benzene rings is 2. The Kier molecular flexibility index (Phi) is 6.11. The van der Waals surface area contributed by atoms with Crippen molar-refractivity contribution in [2.45, 2.75) is 13.3 Å². The Bertz CT molecular complexity index is 829. The minimum Gasteiger partial charge on any atom is -0.416 e. The summed E-state index contributed by atoms with van der Waals surface area (Å²) in [5, 5.41) is 11.0. The highest BCUT2D eigenvalue weighted by atomic mass is 16.5. The molecule has 0 saturated heterocycles. The van der Waals surface area contributed by atoms with E-state index in [2.05, 4.69) is 15.5 Å². The molecule has 134 valence electrons. The summed E-state index contributed by atoms with van der Waals surface area (Å²) in [6.07, 6.45) is 0.794. The molecule has 26 heavy (non-hydrogen) atoms. The highest BCUT2D eigenvalue weighted by Crippen LogP contribution is 2.23. The van der Waals surface area contributed by atoms with E-state index >= 15 is 0 Å². The van der Waals surface area contributed by atoms with Crippen molar-refractivity contribution in [3.8, 4) is 22.9 Å². The van der Waals surface area contributed by atoms with E-state index < -0.39 is 0 Å². The van der Waals surface area contributed by atoms with Crippen LogP contribution in [0.1, 0.15) is 23.7 Å². The summed E-state index contributed by atoms with van der Waals surface area (Å²) in [5.74, 6) is 0.785. The Morgan fingerprint density at radius 3 is 2.31 bits per heavy atom. The van der Waals surface area contributed by atoms with Crippen LogP contribution in [0.15, 0.2) is 59.0 Å². The lowest BCUT2D eigenvalue weighted by Crippen LogP contribution is -2.25. The zero-order valence-corrected chi connectivity index (χ0v) is 14.6. The molecule has 0 aliphatic heterocycles. The molecular weight excluding hydrogens is 330 g/mol. The second-order valence-corrected chi connectivity index (χ2v) is 5.66. The first kappa shape index (κ1) is 17.8. The van der Waals surface area contributed by atoms with Gasteiger partial charge in [0.1, 0.15) is 0 Å². The van der Waals surface area contributed by atoms with Crippen LogP contribution in [0, 0.1) is 0 Å². The molecule has 0 atom stereocenters. The van der Waals surface area contributed by atoms with Crippen molar-refractivity contribution < 1.29 is 13.9 Å². The van der Waals surface area contributed by atoms with E-state index in [0.717, 1.165) is 17.5 Å². The van der Waals surface area contributed by atoms with Gasteiger partial charge in [-0.15, -0.1) is 10.2 Å². The molecule has 1 aromatic heterocycles. The maximum atomic E-state index is 12.1. The molecule has 1 heterocycles. The van der Waals surface area contributed by atoms with Crippen molar-refractivity contribution in [1.82, 2.24) is 15.5 Å². The van der Waals surface area contributed by atoms with Crippen LogP contribution >= 0.6 is 0 Å². The summed E-state index contributed by atoms with van der Waals surface area (Å²) < 4.78 is 11.0. The molecule has 0 radical (unpaired) electrons. The van der Waals surface area contributed by atoms with Crippen molar-refractivity contribution in [2.75, 3.05) is 19.8 Å². The molecule has 0 unspecified atom stereocenters. The fraction of sp³-hybridized carbons (Fsp3) is 0.250. The van der Waals surface area contributed by atoms with Crippen molar-refractivity contribution in [3.05, 3.63) is 60.2 Å². The lowest BCUT2D eigenvalue weighted by Gasteiger charge is -2.05. The predicted molar refractivity (Wildman–Crippen MR) is 98.6 cm³/mol. The molecule has 0 aliphatic carbocycles. The van der Waals surface area contributed by atoms with E-state index in [9.17, 15) is 4.79 Å². The average molecular weight is 351 g/mol. The van der Waals surface area contributed by atoms with Crippen LogP contribution in [0.2, 0.25) is 0 Å². The minimum absolute atomic E-state index is 0.108. The number of carbonyl (C=O) groups excluding carboxylic acids is 1. The Morgan fingerprint density at radius 2 is 1.65 bits per heavy atom. The summed E-state index contributed by atoms with van der Waals surface area (Å²) in [7, 11) is 0. The maximum absolute atomic E-state index is 12.1. The van der Waals surface area contributed by atoms with Gasteiger partial charge in [-0.3, -0.25) is 4.79 Å². The molecule has 3 rings (SSSR count). The van der Waals surface area contributed by atoms with E-state index in [0.29, 0.717) is 37.1 Å². The molecule has 6 heteroatoms. The standard InChI is InChI=1S/C20H21N3O3/c1-2-25-14-6-13-21-18(24)15-9-11-17(12-10-15)20-23-22-19(26-20)16-7-4-3-5-8-16/h3-5,7-12H,2,6,13-14H2,1H3,(H,21,24). The molecule has 2 aromatic carbocycles. The molecule has 3 aromatic rings. The highest BCUT2D eigenvalue weighted by Gasteiger charge is 2.11. The summed E-state index contributed by atoms with van der Waals surface area (Å²) in [6, 6.07) is 16.7. The van der Waals surface area contributed by atoms with Crippen molar-refractivity contribution in [2.24, 2.45) is 0 Å². The van der Waals surface area contributed by atoms with Crippen molar-refractivity contribution in [1.29, 1.82) is 0 Å². The topological polar surface area (TPSA) is 77.2 Å². The number of carbonyl (C=O) groups is 1. The van der Waals surface area contributed by atoms with Crippen LogP contribution in [0.25, 0.3) is 22.9 Å². The van der Waals surface area contributed by atoms with Crippen LogP contribution in [-0.2, 0) is 4.74 Å². The third-order valence-corrected chi connectivity index (χ3v) is 3.79. The van der Waals surface area contributed by atoms with Gasteiger partial charge in [-0.2, -0.15) is 0 Å². The monoisotopic (exact) mass is 351 g/mol. The van der Waals surface area contributed by atoms with E-state index in [4.69, 9.17) is 9.15 Å². The van der Waals surface area contributed by atoms with E-state index in [1.807, 2.05) is 37.3 Å². The summed E-state index contributed by atoms with van der Waals surface area (Å²) in [4.78, 5) is 12.1. The van der Waals surface area contributed by atoms with Gasteiger partial charge in [0.25, 0.3) is 5.91 Å². The molecule has 1 amide bonds. The van der Waals surface area contributed by atoms with Gasteiger partial charge in [0.2, 0.25) is 11.8 Å². The average Bonchev–Trinajstić information content (AvgIpc) is 3.19. The van der Waals surface area contributed by atoms with Crippen molar-refractivity contribution in [3.63, 3.8) is 0 Å². The quantitative estimate of drug-likeness (QED) is 0.628. The molecule has 6 nitrogen and oxygen atoms in total. The Morgan fingerprint density at radius 1 is 1.00 bits per heavy atom. The Labute approximate surface area is 152 Å². The highest BCUT2D eigenvalue weighted by molar-refractivity contribution is 5.94. The zero-order chi connectivity index (χ0) is 18.2. The third-order valence-electron chi connectivity index (χ3n) is 3.79. The SMILES string of the molecule is CCOCCCNC(=O)c1ccc(-c2nnc(-c3ccccc3)o2)cc1. The Balaban J connectivity index is 1.61. The molecule has 0 spiro atoms. The number of nitrogens with one attached hydrogen (secondary N) is 1. The van der Waals surface area contributed by atoms with Crippen LogP contribution in [0.5, 0.6) is 0 Å². The second kappa shape index (κ2) is 8.92. The molecule has 1 N–H and O–H groups in total. The van der Waals surface area contributed by atoms with Gasteiger partial charge in [0.15, 0.2) is 0 Å². The predicted octanol–water partition coefficient (Wildman–Crippen LogP) is 3.56. The van der Waals surface area contributed by atoms with Gasteiger partial charge in [-0.25, -0.2) is 0 Å². The fourth-order valence-electron chi connectivity index (χ4n) is 2.42. The molecule has 0 aliphatic rings. The van der Waals surface area contributed by atoms with Gasteiger partial charge in [0, 0.05) is 36.4 Å². The first-order valence-electron chi connectivity index (χ1n) is 8.63. The molecule has 0 bridgehead atoms. The smallest absolute Gasteiger partial charge is 0.251 e. The molecule has 0 fully saturated rings. The van der Waals surface area contributed by atoms with E-state index in [-0.39, 0.29) is 5.91 Å². The van der Waals surface area contributed by atoms with Crippen LogP contribution in [0.4, 0.5) is 0 Å². The van der Waals surface area contributed by atoms with Crippen LogP contribution in [-0.4, -0.2) is 35.9 Å². The normalized spacial score (nSPS) is 10.7. The number of rotatable bonds is 8. The van der Waals surface area contributed by atoms with Gasteiger partial charge >= 0.3 is 0 Å². The zero-order valence-electron chi connectivity index (χ0n) is 14.6. The third kappa shape index (κ3) is 4.55. The van der Waals surface area contributed by atoms with E-state index in [1.54, 1.807) is 24.3 Å². The lowest BCUT2D eigenvalue weighted by molar-refractivity contribution is 0.0944. The summed E-state index contributed by atoms with van der Waals surface area (Å²) in [5.41, 5.74) is 2.23. The van der Waals surface area contributed by atoms with Gasteiger partial charge in [-0.1, -0.05) is 18.2 Å². The fourth-order valence-corrected chi connectivity index (χ4v) is 2.42. The van der Waals surface area contributed by atoms with Crippen LogP contribution in [0.3, 0.4) is 0 Å². The van der Waals surface area contributed by atoms with Gasteiger partial charge in [-0.05, 0) is 49.7 Å². The Hall–Kier alpha value is -2.99. The number of amides is 1. The first-order valence-corrected chi connectivity index (χ1v) is 8.63. The molecular formula is C20H21N3O3. The number of aromatic nitrogens is 2. The molecule has 0 saturated carbocycles. The van der Waals surface area contributed by atoms with Crippen molar-refractivity contribution >= 4 is 5.91 Å². The number of hydrogen-bond donors (Lipinski definition) is 1. The summed E-state index contributed by atoms with van der Waals surface area (Å²) >= 11 is 0. The van der Waals surface area contributed by atoms with Gasteiger partial charge in [0.05, 0.1) is 0 Å². The second-order valence-electron chi connectivity index (χ2n) is 5.66. The number of nitrogens with zero attached hydrogens (tertiary/aromatic N) is 2. The van der Waals surface area contributed by atoms with E-state index in [1.165, 1.54) is 0 Å². The maximum Gasteiger partial charge on any atom is 0.251 e. The largest absolute Gasteiger partial charge is 0.416 e. The van der Waals surface area contributed by atoms with Crippen LogP contribution < -0.4 is 5.32 Å². The number of hydrogen-bond acceptors (Lipinski definition) is 5. The minimum atomic E-state index is -0.108. The number of ether oxygens (including phenoxy) is 1.